The van der Waals surface area contributed by atoms with Crippen LogP contribution in [-0.4, -0.2) is 15.5 Å². The first-order valence-electron chi connectivity index (χ1n) is 7.89. The fraction of sp³-hybridized carbons (Fsp3) is 0.471. The van der Waals surface area contributed by atoms with E-state index in [9.17, 15) is 9.59 Å². The molecule has 1 N–H and O–H groups in total. The highest BCUT2D eigenvalue weighted by atomic mass is 35.5. The van der Waals surface area contributed by atoms with Crippen molar-refractivity contribution in [3.8, 4) is 0 Å². The number of nitrogens with zero attached hydrogens (tertiary/aromatic N) is 2. The quantitative estimate of drug-likeness (QED) is 0.823. The minimum atomic E-state index is -0.342. The Morgan fingerprint density at radius 1 is 1.39 bits per heavy atom. The van der Waals surface area contributed by atoms with Crippen molar-refractivity contribution < 1.29 is 4.79 Å². The average molecular weight is 336 g/mol. The van der Waals surface area contributed by atoms with Gasteiger partial charge in [0.25, 0.3) is 5.56 Å². The van der Waals surface area contributed by atoms with Crippen LogP contribution in [-0.2, 0) is 11.8 Å². The van der Waals surface area contributed by atoms with Gasteiger partial charge in [0.05, 0.1) is 16.9 Å². The third-order valence-corrected chi connectivity index (χ3v) is 4.08. The molecule has 0 radical (unpaired) electrons. The molecule has 6 heteroatoms. The molecular weight excluding hydrogens is 314 g/mol. The highest BCUT2D eigenvalue weighted by Crippen LogP contribution is 2.17. The first-order chi connectivity index (χ1) is 10.9. The maximum atomic E-state index is 12.4. The zero-order valence-corrected chi connectivity index (χ0v) is 14.5. The van der Waals surface area contributed by atoms with Gasteiger partial charge in [-0.05, 0) is 31.5 Å². The van der Waals surface area contributed by atoms with Crippen molar-refractivity contribution in [2.75, 3.05) is 0 Å². The van der Waals surface area contributed by atoms with E-state index in [1.807, 2.05) is 6.92 Å². The third-order valence-electron chi connectivity index (χ3n) is 3.85. The molecule has 0 aliphatic heterocycles. The molecule has 0 fully saturated rings. The Morgan fingerprint density at radius 3 is 2.83 bits per heavy atom. The van der Waals surface area contributed by atoms with Crippen LogP contribution < -0.4 is 10.9 Å². The van der Waals surface area contributed by atoms with Gasteiger partial charge in [-0.3, -0.25) is 14.2 Å². The van der Waals surface area contributed by atoms with Gasteiger partial charge < -0.3 is 5.32 Å². The number of hydrogen-bond acceptors (Lipinski definition) is 3. The topological polar surface area (TPSA) is 64.0 Å². The smallest absolute Gasteiger partial charge is 0.261 e. The second kappa shape index (κ2) is 7.59. The normalized spacial score (nSPS) is 12.3. The highest BCUT2D eigenvalue weighted by Gasteiger charge is 2.16. The van der Waals surface area contributed by atoms with Gasteiger partial charge in [0.2, 0.25) is 5.91 Å². The number of benzene rings is 1. The first kappa shape index (κ1) is 17.5. The molecule has 0 aliphatic rings. The maximum absolute atomic E-state index is 12.4. The summed E-state index contributed by atoms with van der Waals surface area (Å²) in [5.74, 6) is 0.500. The molecule has 0 spiro atoms. The lowest BCUT2D eigenvalue weighted by molar-refractivity contribution is -0.121. The average Bonchev–Trinajstić information content (AvgIpc) is 2.50. The van der Waals surface area contributed by atoms with E-state index in [2.05, 4.69) is 17.2 Å². The number of nitrogens with one attached hydrogen (secondary N) is 1. The predicted molar refractivity (Wildman–Crippen MR) is 92.7 cm³/mol. The summed E-state index contributed by atoms with van der Waals surface area (Å²) in [4.78, 5) is 28.9. The number of hydrogen-bond donors (Lipinski definition) is 1. The molecule has 1 heterocycles. The maximum Gasteiger partial charge on any atom is 0.261 e. The van der Waals surface area contributed by atoms with E-state index in [4.69, 9.17) is 11.6 Å². The van der Waals surface area contributed by atoms with Gasteiger partial charge in [0.1, 0.15) is 5.82 Å². The van der Waals surface area contributed by atoms with E-state index in [0.717, 1.165) is 19.3 Å². The molecule has 5 nitrogen and oxygen atoms in total. The third kappa shape index (κ3) is 4.10. The molecule has 23 heavy (non-hydrogen) atoms. The lowest BCUT2D eigenvalue weighted by Crippen LogP contribution is -2.32. The van der Waals surface area contributed by atoms with Gasteiger partial charge in [-0.15, -0.1) is 0 Å². The lowest BCUT2D eigenvalue weighted by Gasteiger charge is -2.17. The number of amides is 1. The van der Waals surface area contributed by atoms with Crippen molar-refractivity contribution >= 4 is 28.4 Å². The number of fused-ring (bicyclic) bond motifs is 1. The van der Waals surface area contributed by atoms with Crippen LogP contribution in [0.1, 0.15) is 51.4 Å². The second-order valence-corrected chi connectivity index (χ2v) is 6.18. The van der Waals surface area contributed by atoms with Crippen LogP contribution in [0.25, 0.3) is 10.9 Å². The number of rotatable bonds is 6. The molecule has 1 atom stereocenters. The number of carbonyl (C=O) groups excluding carboxylic acids is 1. The molecule has 1 amide bonds. The SMILES string of the molecule is CCCCCC(=O)N[C@H](C)c1nc2cc(Cl)ccc2c(=O)n1C. The van der Waals surface area contributed by atoms with Crippen molar-refractivity contribution in [3.05, 3.63) is 39.4 Å². The minimum Gasteiger partial charge on any atom is -0.346 e. The summed E-state index contributed by atoms with van der Waals surface area (Å²) in [5, 5.41) is 3.95. The zero-order valence-electron chi connectivity index (χ0n) is 13.7. The fourth-order valence-corrected chi connectivity index (χ4v) is 2.73. The van der Waals surface area contributed by atoms with Crippen LogP contribution in [0.5, 0.6) is 0 Å². The van der Waals surface area contributed by atoms with Crippen LogP contribution in [0.3, 0.4) is 0 Å². The van der Waals surface area contributed by atoms with Gasteiger partial charge in [-0.25, -0.2) is 4.98 Å². The summed E-state index contributed by atoms with van der Waals surface area (Å²) in [6.45, 7) is 3.93. The summed E-state index contributed by atoms with van der Waals surface area (Å²) < 4.78 is 1.48. The van der Waals surface area contributed by atoms with Gasteiger partial charge >= 0.3 is 0 Å². The van der Waals surface area contributed by atoms with Crippen molar-refractivity contribution in [2.45, 2.75) is 45.6 Å². The summed E-state index contributed by atoms with van der Waals surface area (Å²) in [7, 11) is 1.67. The van der Waals surface area contributed by atoms with E-state index >= 15 is 0 Å². The van der Waals surface area contributed by atoms with E-state index < -0.39 is 0 Å². The highest BCUT2D eigenvalue weighted by molar-refractivity contribution is 6.31. The molecule has 0 unspecified atom stereocenters. The zero-order chi connectivity index (χ0) is 17.0. The lowest BCUT2D eigenvalue weighted by atomic mass is 10.2. The fourth-order valence-electron chi connectivity index (χ4n) is 2.56. The number of aromatic nitrogens is 2. The molecule has 1 aromatic heterocycles. The Balaban J connectivity index is 2.26. The van der Waals surface area contributed by atoms with Crippen molar-refractivity contribution in [1.82, 2.24) is 14.9 Å². The van der Waals surface area contributed by atoms with Gasteiger partial charge in [-0.2, -0.15) is 0 Å². The largest absolute Gasteiger partial charge is 0.346 e. The van der Waals surface area contributed by atoms with Crippen LogP contribution in [0.15, 0.2) is 23.0 Å². The number of carbonyl (C=O) groups is 1. The van der Waals surface area contributed by atoms with Crippen LogP contribution in [0.2, 0.25) is 5.02 Å². The molecule has 0 bridgehead atoms. The minimum absolute atomic E-state index is 0.0219. The monoisotopic (exact) mass is 335 g/mol. The first-order valence-corrected chi connectivity index (χ1v) is 8.27. The van der Waals surface area contributed by atoms with E-state index in [1.54, 1.807) is 25.2 Å². The van der Waals surface area contributed by atoms with Crippen molar-refractivity contribution in [1.29, 1.82) is 0 Å². The van der Waals surface area contributed by atoms with E-state index in [-0.39, 0.29) is 17.5 Å². The van der Waals surface area contributed by atoms with Crippen LogP contribution in [0.4, 0.5) is 0 Å². The van der Waals surface area contributed by atoms with Crippen LogP contribution in [0, 0.1) is 0 Å². The van der Waals surface area contributed by atoms with Crippen LogP contribution >= 0.6 is 11.6 Å². The van der Waals surface area contributed by atoms with E-state index in [1.165, 1.54) is 4.57 Å². The standard InChI is InChI=1S/C17H22ClN3O2/c1-4-5-6-7-15(22)19-11(2)16-20-14-10-12(18)8-9-13(14)17(23)21(16)3/h8-11H,4-7H2,1-3H3,(H,19,22)/t11-/m1/s1. The Kier molecular flexibility index (Phi) is 5.77. The second-order valence-electron chi connectivity index (χ2n) is 5.74. The Hall–Kier alpha value is -1.88. The van der Waals surface area contributed by atoms with Gasteiger partial charge in [0, 0.05) is 18.5 Å². The summed E-state index contributed by atoms with van der Waals surface area (Å²) in [5.41, 5.74) is 0.399. The number of halogens is 1. The van der Waals surface area contributed by atoms with Crippen molar-refractivity contribution in [2.24, 2.45) is 7.05 Å². The predicted octanol–water partition coefficient (Wildman–Crippen LogP) is 3.34. The summed E-state index contributed by atoms with van der Waals surface area (Å²) in [6, 6.07) is 4.67. The molecule has 2 aromatic rings. The Morgan fingerprint density at radius 2 is 2.13 bits per heavy atom. The van der Waals surface area contributed by atoms with Gasteiger partial charge in [0.15, 0.2) is 0 Å². The number of unbranched alkanes of at least 4 members (excludes halogenated alkanes) is 2. The van der Waals surface area contributed by atoms with Crippen molar-refractivity contribution in [3.63, 3.8) is 0 Å². The summed E-state index contributed by atoms with van der Waals surface area (Å²) in [6.07, 6.45) is 3.47. The van der Waals surface area contributed by atoms with Gasteiger partial charge in [-0.1, -0.05) is 31.4 Å². The molecule has 0 aliphatic carbocycles. The molecule has 0 saturated heterocycles. The Bertz CT molecular complexity index is 770. The van der Waals surface area contributed by atoms with E-state index in [0.29, 0.717) is 28.2 Å². The molecule has 2 rings (SSSR count). The molecular formula is C17H22ClN3O2. The molecule has 0 saturated carbocycles. The summed E-state index contributed by atoms with van der Waals surface area (Å²) >= 11 is 5.98. The Labute approximate surface area is 140 Å². The molecule has 1 aromatic carbocycles. The molecule has 124 valence electrons.